The molecule has 0 aliphatic rings. The summed E-state index contributed by atoms with van der Waals surface area (Å²) >= 11 is 0. The van der Waals surface area contributed by atoms with Crippen LogP contribution in [-0.2, 0) is 6.42 Å². The molecule has 1 heterocycles. The van der Waals surface area contributed by atoms with E-state index in [9.17, 15) is 0 Å². The van der Waals surface area contributed by atoms with Crippen molar-refractivity contribution in [1.29, 1.82) is 0 Å². The molecule has 0 fully saturated rings. The third kappa shape index (κ3) is 11.4. The molecule has 34 heavy (non-hydrogen) atoms. The van der Waals surface area contributed by atoms with Crippen LogP contribution in [0.5, 0.6) is 0 Å². The summed E-state index contributed by atoms with van der Waals surface area (Å²) in [5, 5.41) is 1.26. The molecule has 6 heteroatoms. The Bertz CT molecular complexity index is 961. The normalized spacial score (nSPS) is 11.4. The van der Waals surface area contributed by atoms with E-state index in [1.807, 2.05) is 0 Å². The first kappa shape index (κ1) is 28.2. The monoisotopic (exact) mass is 488 g/mol. The molecule has 3 rings (SSSR count). The minimum absolute atomic E-state index is 0.978. The third-order valence-electron chi connectivity index (χ3n) is 5.89. The highest BCUT2D eigenvalue weighted by Crippen LogP contribution is 2.29. The van der Waals surface area contributed by atoms with E-state index < -0.39 is 10.2 Å². The maximum absolute atomic E-state index is 8.49. The number of rotatable bonds is 12. The van der Waals surface area contributed by atoms with Crippen LogP contribution >= 0.6 is 0 Å². The molecule has 1 aromatic heterocycles. The van der Waals surface area contributed by atoms with E-state index in [2.05, 4.69) is 68.4 Å². The second-order valence-electron chi connectivity index (χ2n) is 8.81. The molecule has 0 unspecified atom stereocenters. The van der Waals surface area contributed by atoms with Gasteiger partial charge in [0.2, 0.25) is 0 Å². The lowest BCUT2D eigenvalue weighted by molar-refractivity contribution is -2.00. The van der Waals surface area contributed by atoms with Gasteiger partial charge in [-0.15, -0.1) is 10.2 Å². The topological polar surface area (TPSA) is 104 Å². The Kier molecular flexibility index (Phi) is 12.5. The second-order valence-corrected chi connectivity index (χ2v) is 9.56. The average Bonchev–Trinajstić information content (AvgIpc) is 2.79. The van der Waals surface area contributed by atoms with Gasteiger partial charge in [-0.3, -0.25) is 0 Å². The van der Waals surface area contributed by atoms with E-state index in [-0.39, 0.29) is 0 Å². The Hall–Kier alpha value is -2.02. The van der Waals surface area contributed by atoms with Gasteiger partial charge in [-0.1, -0.05) is 94.5 Å². The highest BCUT2D eigenvalue weighted by molar-refractivity contribution is 5.82. The van der Waals surface area contributed by atoms with Gasteiger partial charge in [0.15, 0.2) is 0 Å². The molecule has 186 valence electrons. The summed E-state index contributed by atoms with van der Waals surface area (Å²) in [6, 6.07) is 19.4. The summed E-state index contributed by atoms with van der Waals surface area (Å²) in [6.07, 6.45) is 14.9. The molecular formula is C28H37ClO5. The minimum atomic E-state index is -4.94. The van der Waals surface area contributed by atoms with Gasteiger partial charge in [0.1, 0.15) is 0 Å². The van der Waals surface area contributed by atoms with E-state index in [4.69, 9.17) is 23.1 Å². The summed E-state index contributed by atoms with van der Waals surface area (Å²) in [5.41, 5.74) is 4.85. The van der Waals surface area contributed by atoms with E-state index in [0.717, 1.165) is 23.3 Å². The van der Waals surface area contributed by atoms with Crippen LogP contribution in [0.25, 0.3) is 22.3 Å². The van der Waals surface area contributed by atoms with Crippen LogP contribution in [0.4, 0.5) is 0 Å². The molecule has 0 aliphatic carbocycles. The maximum Gasteiger partial charge on any atom is 0.361 e. The van der Waals surface area contributed by atoms with Crippen LogP contribution in [0, 0.1) is 17.2 Å². The Morgan fingerprint density at radius 3 is 1.82 bits per heavy atom. The Morgan fingerprint density at radius 2 is 1.24 bits per heavy atom. The van der Waals surface area contributed by atoms with Crippen molar-refractivity contribution in [2.75, 3.05) is 0 Å². The largest absolute Gasteiger partial charge is 0.361 e. The first-order valence-corrected chi connectivity index (χ1v) is 13.5. The number of aryl methyl sites for hydroxylation is 2. The van der Waals surface area contributed by atoms with Gasteiger partial charge in [0.05, 0.1) is 10.9 Å². The molecule has 0 saturated heterocycles. The standard InChI is InChI=1S/C28H37O.ClHO4/c1-3-4-5-6-7-8-9-10-11-12-15-25-22-28(24-20-18-23(2)19-21-24)29-27-17-14-13-16-26(25)27;2-1(3,4)5/h13-14,16-22H,3-12,15H2,1-2H3;(H,2,3,4,5)/q+1;/p-1. The van der Waals surface area contributed by atoms with Gasteiger partial charge < -0.3 is 0 Å². The molecule has 5 nitrogen and oxygen atoms in total. The van der Waals surface area contributed by atoms with Crippen molar-refractivity contribution in [1.82, 2.24) is 0 Å². The molecule has 0 spiro atoms. The van der Waals surface area contributed by atoms with Crippen molar-refractivity contribution in [2.45, 2.75) is 84.5 Å². The van der Waals surface area contributed by atoms with Crippen LogP contribution in [-0.4, -0.2) is 0 Å². The molecule has 0 aliphatic heterocycles. The zero-order valence-corrected chi connectivity index (χ0v) is 21.1. The molecule has 0 atom stereocenters. The third-order valence-corrected chi connectivity index (χ3v) is 5.89. The lowest BCUT2D eigenvalue weighted by Crippen LogP contribution is -2.68. The van der Waals surface area contributed by atoms with E-state index in [1.165, 1.54) is 80.7 Å². The minimum Gasteiger partial charge on any atom is -0.222 e. The second kappa shape index (κ2) is 15.1. The van der Waals surface area contributed by atoms with Crippen LogP contribution in [0.1, 0.15) is 82.3 Å². The predicted molar refractivity (Wildman–Crippen MR) is 126 cm³/mol. The SMILES string of the molecule is CCCCCCCCCCCCc1cc(-c2ccc(C)cc2)[o+]c2ccccc12.[O-][Cl+3]([O-])([O-])[O-]. The highest BCUT2D eigenvalue weighted by atomic mass is 35.7. The van der Waals surface area contributed by atoms with E-state index in [0.29, 0.717) is 0 Å². The fourth-order valence-corrected chi connectivity index (χ4v) is 4.07. The van der Waals surface area contributed by atoms with Gasteiger partial charge in [-0.05, 0) is 43.5 Å². The van der Waals surface area contributed by atoms with Crippen LogP contribution in [0.3, 0.4) is 0 Å². The lowest BCUT2D eigenvalue weighted by Gasteiger charge is -2.17. The number of fused-ring (bicyclic) bond motifs is 1. The molecule has 3 aromatic rings. The number of hydrogen-bond donors (Lipinski definition) is 0. The van der Waals surface area contributed by atoms with E-state index in [1.54, 1.807) is 0 Å². The zero-order valence-electron chi connectivity index (χ0n) is 20.4. The quantitative estimate of drug-likeness (QED) is 0.277. The molecule has 2 aromatic carbocycles. The Morgan fingerprint density at radius 1 is 0.706 bits per heavy atom. The summed E-state index contributed by atoms with van der Waals surface area (Å²) in [7, 11) is -4.94. The van der Waals surface area contributed by atoms with Crippen LogP contribution in [0.2, 0.25) is 0 Å². The van der Waals surface area contributed by atoms with Crippen LogP contribution in [0.15, 0.2) is 59.0 Å². The van der Waals surface area contributed by atoms with Crippen molar-refractivity contribution >= 4 is 11.0 Å². The van der Waals surface area contributed by atoms with Crippen molar-refractivity contribution in [2.24, 2.45) is 0 Å². The molecule has 0 amide bonds. The number of hydrogen-bond acceptors (Lipinski definition) is 4. The Labute approximate surface area is 205 Å². The van der Waals surface area contributed by atoms with Gasteiger partial charge in [-0.25, -0.2) is 23.1 Å². The summed E-state index contributed by atoms with van der Waals surface area (Å²) in [5.74, 6) is 0.978. The zero-order chi connectivity index (χ0) is 24.8. The van der Waals surface area contributed by atoms with Crippen molar-refractivity contribution < 1.29 is 33.3 Å². The van der Waals surface area contributed by atoms with E-state index >= 15 is 0 Å². The average molecular weight is 489 g/mol. The molecule has 0 N–H and O–H groups in total. The smallest absolute Gasteiger partial charge is 0.222 e. The van der Waals surface area contributed by atoms with Gasteiger partial charge in [0, 0.05) is 12.1 Å². The number of para-hydroxylation sites is 1. The molecule has 0 bridgehead atoms. The highest BCUT2D eigenvalue weighted by Gasteiger charge is 2.18. The fourth-order valence-electron chi connectivity index (χ4n) is 4.07. The first-order valence-electron chi connectivity index (χ1n) is 12.3. The molecular weight excluding hydrogens is 452 g/mol. The van der Waals surface area contributed by atoms with Crippen molar-refractivity contribution in [3.63, 3.8) is 0 Å². The van der Waals surface area contributed by atoms with Gasteiger partial charge in [0.25, 0.3) is 0 Å². The molecule has 0 saturated carbocycles. The predicted octanol–water partition coefficient (Wildman–Crippen LogP) is 4.40. The fraction of sp³-hybridized carbons (Fsp3) is 0.464. The Balaban J connectivity index is 0.000000739. The number of halogens is 1. The maximum atomic E-state index is 8.49. The summed E-state index contributed by atoms with van der Waals surface area (Å²) < 4.78 is 40.2. The van der Waals surface area contributed by atoms with Crippen molar-refractivity contribution in [3.8, 4) is 11.3 Å². The van der Waals surface area contributed by atoms with Gasteiger partial charge in [-0.2, -0.15) is 0 Å². The lowest BCUT2D eigenvalue weighted by atomic mass is 9.99. The van der Waals surface area contributed by atoms with Gasteiger partial charge >= 0.3 is 11.3 Å². The van der Waals surface area contributed by atoms with Crippen LogP contribution < -0.4 is 18.6 Å². The number of unbranched alkanes of at least 4 members (excludes halogenated alkanes) is 9. The number of benzene rings is 2. The molecule has 0 radical (unpaired) electrons. The summed E-state index contributed by atoms with van der Waals surface area (Å²) in [6.45, 7) is 4.41. The van der Waals surface area contributed by atoms with Crippen molar-refractivity contribution in [3.05, 3.63) is 65.7 Å². The summed E-state index contributed by atoms with van der Waals surface area (Å²) in [4.78, 5) is 0. The first-order chi connectivity index (χ1) is 16.3.